The first-order chi connectivity index (χ1) is 6.33. The molecule has 0 unspecified atom stereocenters. The molecule has 0 fully saturated rings. The van der Waals surface area contributed by atoms with Crippen molar-refractivity contribution in [3.8, 4) is 0 Å². The Balaban J connectivity index is 2.45. The summed E-state index contributed by atoms with van der Waals surface area (Å²) in [7, 11) is 0. The molecule has 1 heteroatoms. The summed E-state index contributed by atoms with van der Waals surface area (Å²) >= 11 is 0. The molecule has 1 N–H and O–H groups in total. The average Bonchev–Trinajstić information content (AvgIpc) is 2.16. The lowest BCUT2D eigenvalue weighted by Gasteiger charge is -2.06. The summed E-state index contributed by atoms with van der Waals surface area (Å²) < 4.78 is 0. The monoisotopic (exact) mass is 174 g/mol. The molecule has 68 valence electrons. The van der Waals surface area contributed by atoms with Gasteiger partial charge in [0, 0.05) is 0 Å². The van der Waals surface area contributed by atoms with Gasteiger partial charge in [-0.25, -0.2) is 0 Å². The normalized spacial score (nSPS) is 11.8. The van der Waals surface area contributed by atoms with E-state index in [1.165, 1.54) is 0 Å². The maximum atomic E-state index is 9.53. The Bertz CT molecular complexity index is 283. The minimum absolute atomic E-state index is 0.323. The van der Waals surface area contributed by atoms with E-state index in [9.17, 15) is 5.11 Å². The molecule has 0 saturated carbocycles. The molecule has 0 amide bonds. The van der Waals surface area contributed by atoms with E-state index in [0.29, 0.717) is 12.8 Å². The Kier molecular flexibility index (Phi) is 4.04. The van der Waals surface area contributed by atoms with Crippen LogP contribution in [0.1, 0.15) is 12.0 Å². The maximum Gasteiger partial charge on any atom is 0.0621 e. The number of rotatable bonds is 4. The second-order valence-corrected chi connectivity index (χ2v) is 2.99. The molecule has 0 aliphatic carbocycles. The molecule has 13 heavy (non-hydrogen) atoms. The van der Waals surface area contributed by atoms with Gasteiger partial charge < -0.3 is 5.11 Å². The van der Waals surface area contributed by atoms with Gasteiger partial charge in [-0.05, 0) is 24.5 Å². The fourth-order valence-corrected chi connectivity index (χ4v) is 1.19. The zero-order valence-corrected chi connectivity index (χ0v) is 7.61. The number of hydrogen-bond acceptors (Lipinski definition) is 1. The molecule has 1 atom stereocenters. The van der Waals surface area contributed by atoms with Crippen molar-refractivity contribution in [1.29, 1.82) is 0 Å². The molecule has 0 saturated heterocycles. The lowest BCUT2D eigenvalue weighted by molar-refractivity contribution is 0.178. The molecule has 0 spiro atoms. The van der Waals surface area contributed by atoms with Gasteiger partial charge in [-0.2, -0.15) is 0 Å². The van der Waals surface area contributed by atoms with Crippen LogP contribution >= 0.6 is 0 Å². The first-order valence-electron chi connectivity index (χ1n) is 4.39. The lowest BCUT2D eigenvalue weighted by atomic mass is 10.1. The second kappa shape index (κ2) is 5.36. The van der Waals surface area contributed by atoms with E-state index in [1.54, 1.807) is 6.08 Å². The first-order valence-corrected chi connectivity index (χ1v) is 4.39. The summed E-state index contributed by atoms with van der Waals surface area (Å²) in [5, 5.41) is 9.53. The summed E-state index contributed by atoms with van der Waals surface area (Å²) in [6.45, 7) is 3.45. The van der Waals surface area contributed by atoms with Gasteiger partial charge in [0.05, 0.1) is 6.10 Å². The number of aliphatic hydroxyl groups excluding tert-OH is 1. The average molecular weight is 174 g/mol. The van der Waals surface area contributed by atoms with Crippen LogP contribution in [0.4, 0.5) is 0 Å². The van der Waals surface area contributed by atoms with E-state index >= 15 is 0 Å². The van der Waals surface area contributed by atoms with Gasteiger partial charge in [-0.15, -0.1) is 5.73 Å². The zero-order chi connectivity index (χ0) is 9.52. The predicted octanol–water partition coefficient (Wildman–Crippen LogP) is 2.32. The molecule has 1 nitrogen and oxygen atoms in total. The highest BCUT2D eigenvalue weighted by atomic mass is 16.3. The van der Waals surface area contributed by atoms with Gasteiger partial charge >= 0.3 is 0 Å². The Hall–Kier alpha value is -1.30. The fraction of sp³-hybridized carbons (Fsp3) is 0.250. The van der Waals surface area contributed by atoms with Gasteiger partial charge in [0.1, 0.15) is 0 Å². The quantitative estimate of drug-likeness (QED) is 0.694. The van der Waals surface area contributed by atoms with Crippen molar-refractivity contribution in [2.75, 3.05) is 0 Å². The minimum Gasteiger partial charge on any atom is -0.392 e. The molecule has 0 radical (unpaired) electrons. The van der Waals surface area contributed by atoms with Crippen LogP contribution in [-0.2, 0) is 6.42 Å². The van der Waals surface area contributed by atoms with Crippen molar-refractivity contribution in [1.82, 2.24) is 0 Å². The van der Waals surface area contributed by atoms with E-state index in [4.69, 9.17) is 0 Å². The highest BCUT2D eigenvalue weighted by Crippen LogP contribution is 2.05. The Morgan fingerprint density at radius 2 is 2.08 bits per heavy atom. The maximum absolute atomic E-state index is 9.53. The fourth-order valence-electron chi connectivity index (χ4n) is 1.19. The molecule has 1 aromatic carbocycles. The summed E-state index contributed by atoms with van der Waals surface area (Å²) in [4.78, 5) is 0. The van der Waals surface area contributed by atoms with Gasteiger partial charge in [-0.1, -0.05) is 36.9 Å². The van der Waals surface area contributed by atoms with Crippen molar-refractivity contribution in [3.05, 3.63) is 54.3 Å². The SMILES string of the molecule is C=C=CC[C@@H](O)Cc1ccccc1. The van der Waals surface area contributed by atoms with Crippen LogP contribution in [0.15, 0.2) is 48.7 Å². The van der Waals surface area contributed by atoms with Gasteiger partial charge in [0.15, 0.2) is 0 Å². The number of hydrogen-bond donors (Lipinski definition) is 1. The molecular formula is C12H14O. The standard InChI is InChI=1S/C12H14O/c1-2-3-9-12(13)10-11-7-5-4-6-8-11/h3-8,12-13H,1,9-10H2/t12-/m1/s1. The summed E-state index contributed by atoms with van der Waals surface area (Å²) in [5.41, 5.74) is 3.81. The first kappa shape index (κ1) is 9.79. The molecule has 0 aliphatic rings. The van der Waals surface area contributed by atoms with Gasteiger partial charge in [0.25, 0.3) is 0 Å². The molecule has 0 bridgehead atoms. The topological polar surface area (TPSA) is 20.2 Å². The van der Waals surface area contributed by atoms with Crippen molar-refractivity contribution in [2.24, 2.45) is 0 Å². The van der Waals surface area contributed by atoms with Crippen LogP contribution in [0.3, 0.4) is 0 Å². The third-order valence-electron chi connectivity index (χ3n) is 1.85. The highest BCUT2D eigenvalue weighted by molar-refractivity contribution is 5.15. The smallest absolute Gasteiger partial charge is 0.0621 e. The van der Waals surface area contributed by atoms with Crippen LogP contribution in [0.5, 0.6) is 0 Å². The molecule has 1 rings (SSSR count). The highest BCUT2D eigenvalue weighted by Gasteiger charge is 2.01. The van der Waals surface area contributed by atoms with Gasteiger partial charge in [-0.3, -0.25) is 0 Å². The predicted molar refractivity (Wildman–Crippen MR) is 54.5 cm³/mol. The van der Waals surface area contributed by atoms with E-state index in [1.807, 2.05) is 30.3 Å². The third kappa shape index (κ3) is 3.75. The zero-order valence-electron chi connectivity index (χ0n) is 7.61. The van der Waals surface area contributed by atoms with E-state index in [0.717, 1.165) is 5.56 Å². The van der Waals surface area contributed by atoms with E-state index < -0.39 is 0 Å². The summed E-state index contributed by atoms with van der Waals surface area (Å²) in [6, 6.07) is 9.96. The van der Waals surface area contributed by atoms with Crippen LogP contribution < -0.4 is 0 Å². The van der Waals surface area contributed by atoms with Crippen molar-refractivity contribution in [3.63, 3.8) is 0 Å². The van der Waals surface area contributed by atoms with Crippen LogP contribution in [-0.4, -0.2) is 11.2 Å². The molecule has 0 aliphatic heterocycles. The van der Waals surface area contributed by atoms with E-state index in [-0.39, 0.29) is 6.10 Å². The lowest BCUT2D eigenvalue weighted by Crippen LogP contribution is -2.08. The molecule has 0 heterocycles. The van der Waals surface area contributed by atoms with Crippen molar-refractivity contribution >= 4 is 0 Å². The van der Waals surface area contributed by atoms with Crippen LogP contribution in [0.25, 0.3) is 0 Å². The van der Waals surface area contributed by atoms with Crippen LogP contribution in [0.2, 0.25) is 0 Å². The second-order valence-electron chi connectivity index (χ2n) is 2.99. The Morgan fingerprint density at radius 3 is 2.69 bits per heavy atom. The molecule has 1 aromatic rings. The Morgan fingerprint density at radius 1 is 1.38 bits per heavy atom. The van der Waals surface area contributed by atoms with E-state index in [2.05, 4.69) is 12.3 Å². The largest absolute Gasteiger partial charge is 0.392 e. The minimum atomic E-state index is -0.323. The van der Waals surface area contributed by atoms with Crippen LogP contribution in [0, 0.1) is 0 Å². The Labute approximate surface area is 79.0 Å². The summed E-state index contributed by atoms with van der Waals surface area (Å²) in [5.74, 6) is 0. The third-order valence-corrected chi connectivity index (χ3v) is 1.85. The van der Waals surface area contributed by atoms with Crippen molar-refractivity contribution in [2.45, 2.75) is 18.9 Å². The molecular weight excluding hydrogens is 160 g/mol. The molecule has 0 aromatic heterocycles. The summed E-state index contributed by atoms with van der Waals surface area (Å²) in [6.07, 6.45) is 2.75. The van der Waals surface area contributed by atoms with Gasteiger partial charge in [0.2, 0.25) is 0 Å². The number of aliphatic hydroxyl groups is 1. The number of benzene rings is 1. The van der Waals surface area contributed by atoms with Crippen molar-refractivity contribution < 1.29 is 5.11 Å².